The normalized spacial score (nSPS) is 13.5. The lowest BCUT2D eigenvalue weighted by Crippen LogP contribution is -2.18. The number of pyridine rings is 1. The van der Waals surface area contributed by atoms with E-state index in [-0.39, 0.29) is 5.95 Å². The molecule has 0 atom stereocenters. The van der Waals surface area contributed by atoms with Crippen LogP contribution in [0.1, 0.15) is 28.0 Å². The maximum Gasteiger partial charge on any atom is 0.252 e. The third-order valence-electron chi connectivity index (χ3n) is 3.08. The molecule has 8 heteroatoms. The quantitative estimate of drug-likeness (QED) is 0.840. The Balaban J connectivity index is 2.25. The molecule has 0 aromatic carbocycles. The van der Waals surface area contributed by atoms with E-state index in [1.165, 1.54) is 4.68 Å². The van der Waals surface area contributed by atoms with Crippen LogP contribution in [0, 0.1) is 0 Å². The number of nitrogen functional groups attached to an aromatic ring is 1. The molecule has 0 radical (unpaired) electrons. The molecule has 7 nitrogen and oxygen atoms in total. The lowest BCUT2D eigenvalue weighted by Gasteiger charge is -2.09. The minimum atomic E-state index is -0.543. The van der Waals surface area contributed by atoms with E-state index in [1.54, 1.807) is 6.07 Å². The smallest absolute Gasteiger partial charge is 0.252 e. The average molecular weight is 323 g/mol. The van der Waals surface area contributed by atoms with Crippen LogP contribution < -0.4 is 11.5 Å². The zero-order chi connectivity index (χ0) is 13.6. The first kappa shape index (κ1) is 12.1. The molecule has 98 valence electrons. The molecule has 0 unspecified atom stereocenters. The zero-order valence-electron chi connectivity index (χ0n) is 9.93. The van der Waals surface area contributed by atoms with Crippen LogP contribution in [0.15, 0.2) is 10.8 Å². The summed E-state index contributed by atoms with van der Waals surface area (Å²) < 4.78 is 1.77. The highest BCUT2D eigenvalue weighted by Gasteiger charge is 2.22. The van der Waals surface area contributed by atoms with Crippen molar-refractivity contribution in [1.82, 2.24) is 19.7 Å². The van der Waals surface area contributed by atoms with Crippen LogP contribution >= 0.6 is 15.9 Å². The number of aromatic nitrogens is 4. The number of hydrogen-bond acceptors (Lipinski definition) is 5. The van der Waals surface area contributed by atoms with Crippen LogP contribution in [0.5, 0.6) is 0 Å². The second-order valence-electron chi connectivity index (χ2n) is 4.33. The van der Waals surface area contributed by atoms with Crippen molar-refractivity contribution in [2.45, 2.75) is 19.3 Å². The lowest BCUT2D eigenvalue weighted by atomic mass is 10.1. The summed E-state index contributed by atoms with van der Waals surface area (Å²) in [5.41, 5.74) is 13.3. The van der Waals surface area contributed by atoms with E-state index in [9.17, 15) is 4.79 Å². The van der Waals surface area contributed by atoms with Gasteiger partial charge in [0.05, 0.1) is 5.56 Å². The fraction of sp³-hybridized carbons (Fsp3) is 0.273. The first-order valence-electron chi connectivity index (χ1n) is 5.77. The van der Waals surface area contributed by atoms with Crippen molar-refractivity contribution in [3.05, 3.63) is 27.6 Å². The van der Waals surface area contributed by atoms with Gasteiger partial charge >= 0.3 is 0 Å². The molecule has 0 bridgehead atoms. The van der Waals surface area contributed by atoms with E-state index in [1.807, 2.05) is 0 Å². The predicted octanol–water partition coefficient (Wildman–Crippen LogP) is 0.595. The molecule has 2 aromatic rings. The summed E-state index contributed by atoms with van der Waals surface area (Å²) in [5, 5.41) is 4.02. The number of carbonyl (C=O) groups is 1. The van der Waals surface area contributed by atoms with E-state index in [0.29, 0.717) is 16.1 Å². The van der Waals surface area contributed by atoms with Gasteiger partial charge in [-0.2, -0.15) is 9.67 Å². The molecule has 0 fully saturated rings. The Labute approximate surface area is 117 Å². The van der Waals surface area contributed by atoms with E-state index in [4.69, 9.17) is 11.5 Å². The SMILES string of the molecule is NC(=O)c1cc2c(nc1-n1nc(N)nc1Br)CCC2. The molecule has 0 spiro atoms. The van der Waals surface area contributed by atoms with Gasteiger partial charge in [-0.1, -0.05) is 0 Å². The molecule has 1 aliphatic carbocycles. The van der Waals surface area contributed by atoms with Crippen LogP contribution in [0.4, 0.5) is 5.95 Å². The predicted molar refractivity (Wildman–Crippen MR) is 71.8 cm³/mol. The van der Waals surface area contributed by atoms with E-state index >= 15 is 0 Å². The van der Waals surface area contributed by atoms with Crippen molar-refractivity contribution in [2.75, 3.05) is 5.73 Å². The molecule has 0 aliphatic heterocycles. The molecule has 1 amide bonds. The summed E-state index contributed by atoms with van der Waals surface area (Å²) in [7, 11) is 0. The summed E-state index contributed by atoms with van der Waals surface area (Å²) in [4.78, 5) is 20.0. The van der Waals surface area contributed by atoms with E-state index < -0.39 is 5.91 Å². The topological polar surface area (TPSA) is 113 Å². The summed E-state index contributed by atoms with van der Waals surface area (Å²) in [6, 6.07) is 1.79. The molecule has 1 aliphatic rings. The number of nitrogens with zero attached hydrogens (tertiary/aromatic N) is 4. The number of rotatable bonds is 2. The van der Waals surface area contributed by atoms with Gasteiger partial charge in [0.25, 0.3) is 5.91 Å². The Hall–Kier alpha value is -1.96. The number of anilines is 1. The third-order valence-corrected chi connectivity index (χ3v) is 3.59. The van der Waals surface area contributed by atoms with Crippen LogP contribution in [0.2, 0.25) is 0 Å². The third kappa shape index (κ3) is 1.97. The molecule has 2 heterocycles. The van der Waals surface area contributed by atoms with Gasteiger partial charge in [0, 0.05) is 5.69 Å². The largest absolute Gasteiger partial charge is 0.366 e. The number of hydrogen-bond donors (Lipinski definition) is 2. The summed E-state index contributed by atoms with van der Waals surface area (Å²) >= 11 is 3.23. The lowest BCUT2D eigenvalue weighted by molar-refractivity contribution is 0.0999. The molecular formula is C11H11BrN6O. The number of fused-ring (bicyclic) bond motifs is 1. The fourth-order valence-electron chi connectivity index (χ4n) is 2.25. The second kappa shape index (κ2) is 4.30. The van der Waals surface area contributed by atoms with Crippen LogP contribution in [0.25, 0.3) is 5.82 Å². The first-order valence-corrected chi connectivity index (χ1v) is 6.56. The minimum absolute atomic E-state index is 0.101. The molecular weight excluding hydrogens is 312 g/mol. The molecule has 3 rings (SSSR count). The van der Waals surface area contributed by atoms with Gasteiger partial charge in [0.2, 0.25) is 10.7 Å². The maximum atomic E-state index is 11.6. The summed E-state index contributed by atoms with van der Waals surface area (Å²) in [5.74, 6) is -0.0769. The van der Waals surface area contributed by atoms with E-state index in [0.717, 1.165) is 30.5 Å². The van der Waals surface area contributed by atoms with Crippen molar-refractivity contribution in [3.8, 4) is 5.82 Å². The highest BCUT2D eigenvalue weighted by Crippen LogP contribution is 2.25. The van der Waals surface area contributed by atoms with Gasteiger partial charge < -0.3 is 11.5 Å². The monoisotopic (exact) mass is 322 g/mol. The van der Waals surface area contributed by atoms with Crippen molar-refractivity contribution in [3.63, 3.8) is 0 Å². The van der Waals surface area contributed by atoms with Gasteiger partial charge in [-0.15, -0.1) is 5.10 Å². The Morgan fingerprint density at radius 3 is 2.79 bits per heavy atom. The Kier molecular flexibility index (Phi) is 2.74. The van der Waals surface area contributed by atoms with Crippen molar-refractivity contribution < 1.29 is 4.79 Å². The number of halogens is 1. The zero-order valence-corrected chi connectivity index (χ0v) is 11.5. The van der Waals surface area contributed by atoms with Gasteiger partial charge in [0.15, 0.2) is 5.82 Å². The first-order chi connectivity index (χ1) is 9.06. The Morgan fingerprint density at radius 2 is 2.16 bits per heavy atom. The van der Waals surface area contributed by atoms with Crippen molar-refractivity contribution in [2.24, 2.45) is 5.73 Å². The second-order valence-corrected chi connectivity index (χ2v) is 5.04. The van der Waals surface area contributed by atoms with Crippen molar-refractivity contribution in [1.29, 1.82) is 0 Å². The van der Waals surface area contributed by atoms with Gasteiger partial charge in [-0.05, 0) is 46.8 Å². The highest BCUT2D eigenvalue weighted by atomic mass is 79.9. The van der Waals surface area contributed by atoms with Gasteiger partial charge in [-0.25, -0.2) is 4.98 Å². The Morgan fingerprint density at radius 1 is 1.37 bits per heavy atom. The van der Waals surface area contributed by atoms with E-state index in [2.05, 4.69) is 31.0 Å². The minimum Gasteiger partial charge on any atom is -0.366 e. The molecule has 2 aromatic heterocycles. The number of primary amides is 1. The number of amides is 1. The maximum absolute atomic E-state index is 11.6. The average Bonchev–Trinajstić information content (AvgIpc) is 2.92. The Bertz CT molecular complexity index is 680. The summed E-state index contributed by atoms with van der Waals surface area (Å²) in [6.07, 6.45) is 2.84. The molecule has 0 saturated heterocycles. The highest BCUT2D eigenvalue weighted by molar-refractivity contribution is 9.10. The summed E-state index contributed by atoms with van der Waals surface area (Å²) in [6.45, 7) is 0. The number of aryl methyl sites for hydroxylation is 2. The number of nitrogens with two attached hydrogens (primary N) is 2. The van der Waals surface area contributed by atoms with Crippen LogP contribution in [0.3, 0.4) is 0 Å². The van der Waals surface area contributed by atoms with Crippen LogP contribution in [-0.2, 0) is 12.8 Å². The number of carbonyl (C=O) groups excluding carboxylic acids is 1. The molecule has 19 heavy (non-hydrogen) atoms. The fourth-order valence-corrected chi connectivity index (χ4v) is 2.68. The van der Waals surface area contributed by atoms with Crippen molar-refractivity contribution >= 4 is 27.8 Å². The molecule has 4 N–H and O–H groups in total. The molecule has 0 saturated carbocycles. The van der Waals surface area contributed by atoms with Gasteiger partial charge in [-0.3, -0.25) is 4.79 Å². The van der Waals surface area contributed by atoms with Crippen LogP contribution in [-0.4, -0.2) is 25.7 Å². The standard InChI is InChI=1S/C11H11BrN6O/c12-10-16-11(14)17-18(10)9-6(8(13)19)4-5-2-1-3-7(5)15-9/h4H,1-3H2,(H2,13,19)(H2,14,17). The van der Waals surface area contributed by atoms with Gasteiger partial charge in [0.1, 0.15) is 0 Å².